The van der Waals surface area contributed by atoms with Crippen molar-refractivity contribution in [3.05, 3.63) is 54.1 Å². The van der Waals surface area contributed by atoms with E-state index in [1.165, 1.54) is 23.5 Å². The second-order valence-electron chi connectivity index (χ2n) is 6.68. The predicted molar refractivity (Wildman–Crippen MR) is 104 cm³/mol. The molecule has 0 radical (unpaired) electrons. The van der Waals surface area contributed by atoms with Crippen molar-refractivity contribution in [3.63, 3.8) is 0 Å². The van der Waals surface area contributed by atoms with Crippen LogP contribution in [0.3, 0.4) is 0 Å². The van der Waals surface area contributed by atoms with Crippen LogP contribution in [-0.4, -0.2) is 38.8 Å². The summed E-state index contributed by atoms with van der Waals surface area (Å²) in [6, 6.07) is 13.9. The number of aryl methyl sites for hydroxylation is 1. The predicted octanol–water partition coefficient (Wildman–Crippen LogP) is 3.04. The smallest absolute Gasteiger partial charge is 0.243 e. The van der Waals surface area contributed by atoms with Gasteiger partial charge in [-0.25, -0.2) is 8.42 Å². The van der Waals surface area contributed by atoms with Gasteiger partial charge in [-0.1, -0.05) is 18.2 Å². The van der Waals surface area contributed by atoms with Gasteiger partial charge in [-0.2, -0.15) is 4.31 Å². The number of hydrogen-bond donors (Lipinski definition) is 1. The molecule has 1 atom stereocenters. The lowest BCUT2D eigenvalue weighted by molar-refractivity contribution is -0.120. The van der Waals surface area contributed by atoms with Crippen molar-refractivity contribution >= 4 is 21.6 Å². The third-order valence-corrected chi connectivity index (χ3v) is 6.73. The van der Waals surface area contributed by atoms with Crippen molar-refractivity contribution < 1.29 is 17.9 Å². The maximum atomic E-state index is 12.9. The summed E-state index contributed by atoms with van der Waals surface area (Å²) in [5.74, 6) is 0.0911. The average molecular weight is 388 g/mol. The molecule has 7 heteroatoms. The Balaban J connectivity index is 1.72. The van der Waals surface area contributed by atoms with Gasteiger partial charge >= 0.3 is 0 Å². The van der Waals surface area contributed by atoms with Crippen molar-refractivity contribution in [2.24, 2.45) is 5.92 Å². The Kier molecular flexibility index (Phi) is 5.82. The molecule has 0 bridgehead atoms. The van der Waals surface area contributed by atoms with Crippen LogP contribution in [-0.2, 0) is 14.8 Å². The third-order valence-electron chi connectivity index (χ3n) is 4.86. The molecule has 1 amide bonds. The molecule has 1 unspecified atom stereocenters. The Hall–Kier alpha value is -2.38. The summed E-state index contributed by atoms with van der Waals surface area (Å²) in [5, 5.41) is 2.93. The number of carbonyl (C=O) groups is 1. The molecule has 1 aliphatic heterocycles. The van der Waals surface area contributed by atoms with Gasteiger partial charge in [0.2, 0.25) is 15.9 Å². The number of nitrogens with zero attached hydrogens (tertiary/aromatic N) is 1. The van der Waals surface area contributed by atoms with E-state index in [-0.39, 0.29) is 23.3 Å². The molecule has 1 heterocycles. The molecule has 0 spiro atoms. The van der Waals surface area contributed by atoms with Crippen LogP contribution < -0.4 is 10.1 Å². The molecule has 0 saturated carbocycles. The SMILES string of the molecule is COc1ccc(S(=O)(=O)N2CCCC(C(=O)Nc3ccccc3C)C2)cc1. The molecule has 1 aliphatic rings. The maximum Gasteiger partial charge on any atom is 0.243 e. The zero-order chi connectivity index (χ0) is 19.4. The molecule has 1 saturated heterocycles. The third kappa shape index (κ3) is 4.31. The lowest BCUT2D eigenvalue weighted by Gasteiger charge is -2.31. The normalized spacial score (nSPS) is 18.1. The minimum Gasteiger partial charge on any atom is -0.497 e. The lowest BCUT2D eigenvalue weighted by Crippen LogP contribution is -2.43. The average Bonchev–Trinajstić information content (AvgIpc) is 2.70. The fourth-order valence-electron chi connectivity index (χ4n) is 3.22. The quantitative estimate of drug-likeness (QED) is 0.854. The number of benzene rings is 2. The molecule has 2 aromatic carbocycles. The fraction of sp³-hybridized carbons (Fsp3) is 0.350. The molecule has 2 aromatic rings. The summed E-state index contributed by atoms with van der Waals surface area (Å²) < 4.78 is 32.3. The summed E-state index contributed by atoms with van der Waals surface area (Å²) in [7, 11) is -2.10. The Bertz CT molecular complexity index is 910. The van der Waals surface area contributed by atoms with Gasteiger partial charge in [-0.05, 0) is 55.7 Å². The van der Waals surface area contributed by atoms with Crippen LogP contribution in [0.2, 0.25) is 0 Å². The molecule has 1 N–H and O–H groups in total. The monoisotopic (exact) mass is 388 g/mol. The fourth-order valence-corrected chi connectivity index (χ4v) is 4.74. The minimum atomic E-state index is -3.64. The van der Waals surface area contributed by atoms with Gasteiger partial charge in [-0.15, -0.1) is 0 Å². The first-order chi connectivity index (χ1) is 12.9. The van der Waals surface area contributed by atoms with Crippen LogP contribution in [0.5, 0.6) is 5.75 Å². The van der Waals surface area contributed by atoms with E-state index in [0.29, 0.717) is 25.1 Å². The molecule has 0 aromatic heterocycles. The first-order valence-electron chi connectivity index (χ1n) is 8.92. The Labute approximate surface area is 160 Å². The zero-order valence-corrected chi connectivity index (χ0v) is 16.3. The molecule has 6 nitrogen and oxygen atoms in total. The van der Waals surface area contributed by atoms with Gasteiger partial charge in [0.1, 0.15) is 5.75 Å². The molecular formula is C20H24N2O4S. The van der Waals surface area contributed by atoms with Crippen molar-refractivity contribution in [3.8, 4) is 5.75 Å². The zero-order valence-electron chi connectivity index (χ0n) is 15.5. The van der Waals surface area contributed by atoms with Gasteiger partial charge in [0.25, 0.3) is 0 Å². The van der Waals surface area contributed by atoms with Crippen LogP contribution in [0.15, 0.2) is 53.4 Å². The number of hydrogen-bond acceptors (Lipinski definition) is 4. The van der Waals surface area contributed by atoms with E-state index in [4.69, 9.17) is 4.74 Å². The highest BCUT2D eigenvalue weighted by Gasteiger charge is 2.33. The summed E-state index contributed by atoms with van der Waals surface area (Å²) >= 11 is 0. The second-order valence-corrected chi connectivity index (χ2v) is 8.62. The number of piperidine rings is 1. The summed E-state index contributed by atoms with van der Waals surface area (Å²) in [4.78, 5) is 12.9. The number of nitrogens with one attached hydrogen (secondary N) is 1. The van der Waals surface area contributed by atoms with E-state index in [9.17, 15) is 13.2 Å². The Morgan fingerprint density at radius 2 is 1.85 bits per heavy atom. The molecular weight excluding hydrogens is 364 g/mol. The number of sulfonamides is 1. The van der Waals surface area contributed by atoms with Crippen LogP contribution in [0.25, 0.3) is 0 Å². The van der Waals surface area contributed by atoms with Gasteiger partial charge < -0.3 is 10.1 Å². The maximum absolute atomic E-state index is 12.9. The molecule has 3 rings (SSSR count). The van der Waals surface area contributed by atoms with Crippen molar-refractivity contribution in [1.82, 2.24) is 4.31 Å². The van der Waals surface area contributed by atoms with Crippen LogP contribution in [0, 0.1) is 12.8 Å². The molecule has 144 valence electrons. The number of carbonyl (C=O) groups excluding carboxylic acids is 1. The van der Waals surface area contributed by atoms with E-state index in [0.717, 1.165) is 11.3 Å². The van der Waals surface area contributed by atoms with Gasteiger partial charge in [0, 0.05) is 18.8 Å². The van der Waals surface area contributed by atoms with E-state index in [1.807, 2.05) is 31.2 Å². The summed E-state index contributed by atoms with van der Waals surface area (Å²) in [6.45, 7) is 2.53. The van der Waals surface area contributed by atoms with E-state index >= 15 is 0 Å². The first kappa shape index (κ1) is 19.4. The second kappa shape index (κ2) is 8.10. The number of methoxy groups -OCH3 is 1. The Morgan fingerprint density at radius 1 is 1.15 bits per heavy atom. The number of anilines is 1. The highest BCUT2D eigenvalue weighted by atomic mass is 32.2. The molecule has 1 fully saturated rings. The van der Waals surface area contributed by atoms with Crippen LogP contribution >= 0.6 is 0 Å². The minimum absolute atomic E-state index is 0.140. The van der Waals surface area contributed by atoms with Crippen molar-refractivity contribution in [2.75, 3.05) is 25.5 Å². The van der Waals surface area contributed by atoms with Gasteiger partial charge in [-0.3, -0.25) is 4.79 Å². The number of rotatable bonds is 5. The van der Waals surface area contributed by atoms with Crippen molar-refractivity contribution in [2.45, 2.75) is 24.7 Å². The number of para-hydroxylation sites is 1. The van der Waals surface area contributed by atoms with Crippen LogP contribution in [0.1, 0.15) is 18.4 Å². The molecule has 27 heavy (non-hydrogen) atoms. The van der Waals surface area contributed by atoms with E-state index < -0.39 is 10.0 Å². The Morgan fingerprint density at radius 3 is 2.52 bits per heavy atom. The number of ether oxygens (including phenoxy) is 1. The standard InChI is InChI=1S/C20H24N2O4S/c1-15-6-3-4-8-19(15)21-20(23)16-7-5-13-22(14-16)27(24,25)18-11-9-17(26-2)10-12-18/h3-4,6,8-12,16H,5,7,13-14H2,1-2H3,(H,21,23). The van der Waals surface area contributed by atoms with Gasteiger partial charge in [0.05, 0.1) is 17.9 Å². The lowest BCUT2D eigenvalue weighted by atomic mass is 9.98. The summed E-state index contributed by atoms with van der Waals surface area (Å²) in [5.41, 5.74) is 1.74. The highest BCUT2D eigenvalue weighted by molar-refractivity contribution is 7.89. The largest absolute Gasteiger partial charge is 0.497 e. The number of amides is 1. The first-order valence-corrected chi connectivity index (χ1v) is 10.4. The summed E-state index contributed by atoms with van der Waals surface area (Å²) in [6.07, 6.45) is 1.33. The topological polar surface area (TPSA) is 75.7 Å². The van der Waals surface area contributed by atoms with Crippen molar-refractivity contribution in [1.29, 1.82) is 0 Å². The van der Waals surface area contributed by atoms with E-state index in [2.05, 4.69) is 5.32 Å². The highest BCUT2D eigenvalue weighted by Crippen LogP contribution is 2.26. The molecule has 0 aliphatic carbocycles. The van der Waals surface area contributed by atoms with Crippen LogP contribution in [0.4, 0.5) is 5.69 Å². The van der Waals surface area contributed by atoms with E-state index in [1.54, 1.807) is 12.1 Å². The van der Waals surface area contributed by atoms with Gasteiger partial charge in [0.15, 0.2) is 0 Å².